The molecule has 1 heterocycles. The fourth-order valence-corrected chi connectivity index (χ4v) is 1.96. The molecule has 1 aliphatic heterocycles. The highest BCUT2D eigenvalue weighted by Gasteiger charge is 2.24. The van der Waals surface area contributed by atoms with E-state index in [-0.39, 0.29) is 0 Å². The number of hydrogen-bond donors (Lipinski definition) is 1. The Morgan fingerprint density at radius 1 is 1.50 bits per heavy atom. The molecule has 0 aromatic rings. The Morgan fingerprint density at radius 2 is 2.14 bits per heavy atom. The molecule has 0 bridgehead atoms. The normalized spacial score (nSPS) is 27.1. The van der Waals surface area contributed by atoms with Gasteiger partial charge in [0.1, 0.15) is 0 Å². The van der Waals surface area contributed by atoms with Gasteiger partial charge in [-0.2, -0.15) is 0 Å². The second-order valence-electron chi connectivity index (χ2n) is 4.35. The van der Waals surface area contributed by atoms with Crippen molar-refractivity contribution >= 4 is 0 Å². The van der Waals surface area contributed by atoms with E-state index < -0.39 is 0 Å². The summed E-state index contributed by atoms with van der Waals surface area (Å²) >= 11 is 0. The summed E-state index contributed by atoms with van der Waals surface area (Å²) in [5.41, 5.74) is 6.75. The third-order valence-corrected chi connectivity index (χ3v) is 2.51. The average molecular weight is 198 g/mol. The highest BCUT2D eigenvalue weighted by molar-refractivity contribution is 4.91. The van der Waals surface area contributed by atoms with E-state index in [0.717, 1.165) is 25.9 Å². The quantitative estimate of drug-likeness (QED) is 0.670. The number of ether oxygens (including phenoxy) is 1. The van der Waals surface area contributed by atoms with Gasteiger partial charge in [-0.3, -0.25) is 4.90 Å². The summed E-state index contributed by atoms with van der Waals surface area (Å²) in [6, 6.07) is 0. The molecule has 0 aliphatic carbocycles. The molecule has 82 valence electrons. The summed E-state index contributed by atoms with van der Waals surface area (Å²) in [5, 5.41) is 0. The molecule has 1 aliphatic rings. The van der Waals surface area contributed by atoms with Gasteiger partial charge in [-0.15, -0.1) is 0 Å². The van der Waals surface area contributed by atoms with E-state index in [1.165, 1.54) is 5.57 Å². The molecule has 0 spiro atoms. The van der Waals surface area contributed by atoms with Crippen molar-refractivity contribution < 1.29 is 4.74 Å². The summed E-state index contributed by atoms with van der Waals surface area (Å²) in [7, 11) is 2.10. The van der Waals surface area contributed by atoms with E-state index in [2.05, 4.69) is 25.5 Å². The highest BCUT2D eigenvalue weighted by atomic mass is 16.5. The molecule has 2 unspecified atom stereocenters. The first kappa shape index (κ1) is 11.7. The summed E-state index contributed by atoms with van der Waals surface area (Å²) in [4.78, 5) is 2.26. The van der Waals surface area contributed by atoms with E-state index in [9.17, 15) is 0 Å². The van der Waals surface area contributed by atoms with Gasteiger partial charge in [-0.05, 0) is 26.8 Å². The maximum Gasteiger partial charge on any atom is 0.0707 e. The fraction of sp³-hybridized carbons (Fsp3) is 0.818. The molecule has 0 radical (unpaired) electrons. The lowest BCUT2D eigenvalue weighted by Crippen LogP contribution is -2.31. The molecular weight excluding hydrogens is 176 g/mol. The van der Waals surface area contributed by atoms with Gasteiger partial charge in [-0.25, -0.2) is 0 Å². The Bertz CT molecular complexity index is 194. The van der Waals surface area contributed by atoms with Crippen molar-refractivity contribution in [2.24, 2.45) is 5.73 Å². The summed E-state index contributed by atoms with van der Waals surface area (Å²) in [5.74, 6) is 0. The van der Waals surface area contributed by atoms with E-state index in [4.69, 9.17) is 10.5 Å². The second kappa shape index (κ2) is 5.49. The van der Waals surface area contributed by atoms with Crippen molar-refractivity contribution in [2.45, 2.75) is 32.0 Å². The van der Waals surface area contributed by atoms with Crippen LogP contribution in [0, 0.1) is 0 Å². The lowest BCUT2D eigenvalue weighted by Gasteiger charge is -2.21. The van der Waals surface area contributed by atoms with E-state index in [1.54, 1.807) is 0 Å². The molecule has 0 amide bonds. The summed E-state index contributed by atoms with van der Waals surface area (Å²) in [6.07, 6.45) is 2.91. The highest BCUT2D eigenvalue weighted by Crippen LogP contribution is 2.19. The first-order chi connectivity index (χ1) is 6.61. The van der Waals surface area contributed by atoms with Crippen molar-refractivity contribution in [2.75, 3.05) is 26.7 Å². The van der Waals surface area contributed by atoms with Crippen LogP contribution in [0.4, 0.5) is 0 Å². The van der Waals surface area contributed by atoms with Crippen LogP contribution in [0.2, 0.25) is 0 Å². The molecule has 1 rings (SSSR count). The first-order valence-electron chi connectivity index (χ1n) is 5.30. The van der Waals surface area contributed by atoms with Crippen molar-refractivity contribution in [1.29, 1.82) is 0 Å². The Morgan fingerprint density at radius 3 is 2.64 bits per heavy atom. The maximum absolute atomic E-state index is 5.77. The Labute approximate surface area is 86.9 Å². The molecule has 14 heavy (non-hydrogen) atoms. The molecule has 2 atom stereocenters. The first-order valence-corrected chi connectivity index (χ1v) is 5.30. The zero-order chi connectivity index (χ0) is 10.6. The second-order valence-corrected chi connectivity index (χ2v) is 4.35. The van der Waals surface area contributed by atoms with Crippen LogP contribution in [0.25, 0.3) is 0 Å². The van der Waals surface area contributed by atoms with Crippen LogP contribution in [0.5, 0.6) is 0 Å². The number of likely N-dealkylation sites (N-methyl/N-ethyl adjacent to an activating group) is 1. The Balaban J connectivity index is 2.21. The van der Waals surface area contributed by atoms with Crippen LogP contribution >= 0.6 is 0 Å². The summed E-state index contributed by atoms with van der Waals surface area (Å²) in [6.45, 7) is 8.54. The van der Waals surface area contributed by atoms with Crippen LogP contribution in [0.1, 0.15) is 19.8 Å². The van der Waals surface area contributed by atoms with Gasteiger partial charge in [0, 0.05) is 19.6 Å². The van der Waals surface area contributed by atoms with Gasteiger partial charge in [0.05, 0.1) is 12.2 Å². The number of nitrogens with two attached hydrogens (primary N) is 1. The van der Waals surface area contributed by atoms with E-state index in [1.807, 2.05) is 0 Å². The molecule has 0 aromatic carbocycles. The maximum atomic E-state index is 5.77. The van der Waals surface area contributed by atoms with E-state index >= 15 is 0 Å². The van der Waals surface area contributed by atoms with Crippen LogP contribution in [-0.2, 0) is 4.74 Å². The largest absolute Gasteiger partial charge is 0.372 e. The van der Waals surface area contributed by atoms with Crippen molar-refractivity contribution in [3.8, 4) is 0 Å². The van der Waals surface area contributed by atoms with E-state index in [0.29, 0.717) is 18.8 Å². The number of hydrogen-bond acceptors (Lipinski definition) is 3. The topological polar surface area (TPSA) is 38.5 Å². The van der Waals surface area contributed by atoms with Crippen LogP contribution in [0.3, 0.4) is 0 Å². The predicted molar refractivity (Wildman–Crippen MR) is 59.3 cm³/mol. The minimum Gasteiger partial charge on any atom is -0.372 e. The van der Waals surface area contributed by atoms with Crippen molar-refractivity contribution in [3.05, 3.63) is 12.2 Å². The van der Waals surface area contributed by atoms with Gasteiger partial charge in [0.2, 0.25) is 0 Å². The fourth-order valence-electron chi connectivity index (χ4n) is 1.96. The van der Waals surface area contributed by atoms with Crippen molar-refractivity contribution in [1.82, 2.24) is 4.90 Å². The molecule has 3 heteroatoms. The predicted octanol–water partition coefficient (Wildman–Crippen LogP) is 1.00. The monoisotopic (exact) mass is 198 g/mol. The molecule has 0 aromatic heterocycles. The lowest BCUT2D eigenvalue weighted by molar-refractivity contribution is 0.0333. The molecule has 1 saturated heterocycles. The Hall–Kier alpha value is -0.380. The van der Waals surface area contributed by atoms with Crippen LogP contribution < -0.4 is 5.73 Å². The van der Waals surface area contributed by atoms with Crippen LogP contribution in [0.15, 0.2) is 12.2 Å². The van der Waals surface area contributed by atoms with Crippen molar-refractivity contribution in [3.63, 3.8) is 0 Å². The smallest absolute Gasteiger partial charge is 0.0707 e. The number of rotatable bonds is 5. The Kier molecular flexibility index (Phi) is 4.58. The standard InChI is InChI=1S/C11H22N2O/c1-9(2)7-13(3)8-11-5-4-10(6-12)14-11/h10-11H,1,4-8,12H2,2-3H3. The van der Waals surface area contributed by atoms with Gasteiger partial charge in [0.25, 0.3) is 0 Å². The molecule has 2 N–H and O–H groups in total. The van der Waals surface area contributed by atoms with Crippen LogP contribution in [-0.4, -0.2) is 43.8 Å². The summed E-state index contributed by atoms with van der Waals surface area (Å²) < 4.78 is 5.77. The molecule has 0 saturated carbocycles. The lowest BCUT2D eigenvalue weighted by atomic mass is 10.2. The average Bonchev–Trinajstić information content (AvgIpc) is 2.50. The minimum absolute atomic E-state index is 0.290. The minimum atomic E-state index is 0.290. The van der Waals surface area contributed by atoms with Gasteiger partial charge in [0.15, 0.2) is 0 Å². The van der Waals surface area contributed by atoms with Gasteiger partial charge < -0.3 is 10.5 Å². The molecule has 3 nitrogen and oxygen atoms in total. The van der Waals surface area contributed by atoms with Gasteiger partial charge in [-0.1, -0.05) is 12.2 Å². The molecule has 1 fully saturated rings. The number of nitrogens with zero attached hydrogens (tertiary/aromatic N) is 1. The SMILES string of the molecule is C=C(C)CN(C)CC1CCC(CN)O1. The zero-order valence-corrected chi connectivity index (χ0v) is 9.33. The van der Waals surface area contributed by atoms with Gasteiger partial charge >= 0.3 is 0 Å². The third-order valence-electron chi connectivity index (χ3n) is 2.51. The third kappa shape index (κ3) is 3.78. The molecular formula is C11H22N2O. The zero-order valence-electron chi connectivity index (χ0n) is 9.33.